The summed E-state index contributed by atoms with van der Waals surface area (Å²) in [5.41, 5.74) is 0.505. The summed E-state index contributed by atoms with van der Waals surface area (Å²) >= 11 is 0. The second-order valence-electron chi connectivity index (χ2n) is 3.18. The predicted molar refractivity (Wildman–Crippen MR) is 37.6 cm³/mol. The van der Waals surface area contributed by atoms with Crippen LogP contribution in [0, 0.1) is 0 Å². The highest BCUT2D eigenvalue weighted by Crippen LogP contribution is 2.32. The monoisotopic (exact) mass is 144 g/mol. The number of carbonyl (C=O) groups excluding carboxylic acids is 1. The van der Waals surface area contributed by atoms with Crippen LogP contribution in [0.2, 0.25) is 18.6 Å². The molecular weight excluding hydrogens is 132 g/mol. The molecule has 0 saturated carbocycles. The van der Waals surface area contributed by atoms with Gasteiger partial charge in [0.15, 0.2) is 0 Å². The highest BCUT2D eigenvalue weighted by Gasteiger charge is 2.41. The van der Waals surface area contributed by atoms with E-state index in [2.05, 4.69) is 20.0 Å². The van der Waals surface area contributed by atoms with Crippen LogP contribution in [0.15, 0.2) is 0 Å². The van der Waals surface area contributed by atoms with Gasteiger partial charge in [0.25, 0.3) is 14.3 Å². The molecule has 1 aliphatic rings. The highest BCUT2D eigenvalue weighted by molar-refractivity contribution is 6.75. The maximum Gasteiger partial charge on any atom is 0.292 e. The first-order chi connectivity index (χ1) is 4.02. The Kier molecular flexibility index (Phi) is 1.39. The van der Waals surface area contributed by atoms with Gasteiger partial charge >= 0.3 is 0 Å². The molecule has 1 rings (SSSR count). The molecule has 1 atom stereocenters. The van der Waals surface area contributed by atoms with Crippen LogP contribution in [0.5, 0.6) is 0 Å². The highest BCUT2D eigenvalue weighted by atomic mass is 28.4. The van der Waals surface area contributed by atoms with E-state index >= 15 is 0 Å². The normalized spacial score (nSPS) is 32.3. The summed E-state index contributed by atoms with van der Waals surface area (Å²) in [6, 6.07) is 0. The van der Waals surface area contributed by atoms with Crippen LogP contribution in [-0.4, -0.2) is 14.3 Å². The molecule has 0 spiro atoms. The quantitative estimate of drug-likeness (QED) is 0.482. The Bertz CT molecular complexity index is 142. The van der Waals surface area contributed by atoms with Crippen molar-refractivity contribution in [2.75, 3.05) is 0 Å². The summed E-state index contributed by atoms with van der Waals surface area (Å²) in [5, 5.41) is 0. The fourth-order valence-corrected chi connectivity index (χ4v) is 2.46. The van der Waals surface area contributed by atoms with E-state index in [-0.39, 0.29) is 5.97 Å². The zero-order valence-electron chi connectivity index (χ0n) is 6.10. The minimum Gasteiger partial charge on any atom is -0.519 e. The average molecular weight is 144 g/mol. The number of hydrogen-bond donors (Lipinski definition) is 0. The summed E-state index contributed by atoms with van der Waals surface area (Å²) in [6.45, 7) is 6.27. The van der Waals surface area contributed by atoms with Crippen molar-refractivity contribution in [1.82, 2.24) is 0 Å². The zero-order chi connectivity index (χ0) is 7.07. The maximum atomic E-state index is 10.7. The van der Waals surface area contributed by atoms with Crippen molar-refractivity contribution in [3.05, 3.63) is 0 Å². The predicted octanol–water partition coefficient (Wildman–Crippen LogP) is 1.53. The minimum atomic E-state index is -1.56. The molecule has 1 saturated heterocycles. The average Bonchev–Trinajstić information content (AvgIpc) is 1.79. The largest absolute Gasteiger partial charge is 0.519 e. The van der Waals surface area contributed by atoms with Gasteiger partial charge in [-0.05, 0) is 18.6 Å². The van der Waals surface area contributed by atoms with Crippen LogP contribution in [0.4, 0.5) is 0 Å². The van der Waals surface area contributed by atoms with Crippen molar-refractivity contribution in [1.29, 1.82) is 0 Å². The van der Waals surface area contributed by atoms with Crippen molar-refractivity contribution in [2.24, 2.45) is 0 Å². The Morgan fingerprint density at radius 1 is 1.67 bits per heavy atom. The van der Waals surface area contributed by atoms with E-state index in [1.165, 1.54) is 0 Å². The molecule has 2 nitrogen and oxygen atoms in total. The van der Waals surface area contributed by atoms with Crippen LogP contribution in [-0.2, 0) is 9.22 Å². The lowest BCUT2D eigenvalue weighted by molar-refractivity contribution is -0.132. The molecule has 0 aromatic carbocycles. The number of rotatable bonds is 0. The first kappa shape index (κ1) is 6.80. The number of carbonyl (C=O) groups is 1. The van der Waals surface area contributed by atoms with Gasteiger partial charge in [0, 0.05) is 6.42 Å². The van der Waals surface area contributed by atoms with Gasteiger partial charge < -0.3 is 4.43 Å². The molecule has 3 heteroatoms. The van der Waals surface area contributed by atoms with Crippen molar-refractivity contribution in [3.8, 4) is 0 Å². The molecule has 0 radical (unpaired) electrons. The first-order valence-corrected chi connectivity index (χ1v) is 6.23. The lowest BCUT2D eigenvalue weighted by atomic mass is 10.3. The lowest BCUT2D eigenvalue weighted by Crippen LogP contribution is -2.28. The minimum absolute atomic E-state index is 0.000772. The fraction of sp³-hybridized carbons (Fsp3) is 0.833. The third-order valence-electron chi connectivity index (χ3n) is 2.04. The Labute approximate surface area is 56.3 Å². The molecule has 1 unspecified atom stereocenters. The SMILES string of the molecule is CC1CC(=O)O[Si]1(C)C. The smallest absolute Gasteiger partial charge is 0.292 e. The summed E-state index contributed by atoms with van der Waals surface area (Å²) in [6.07, 6.45) is 0.638. The molecule has 52 valence electrons. The maximum absolute atomic E-state index is 10.7. The van der Waals surface area contributed by atoms with E-state index in [1.54, 1.807) is 0 Å². The number of hydrogen-bond acceptors (Lipinski definition) is 2. The molecule has 0 aromatic rings. The zero-order valence-corrected chi connectivity index (χ0v) is 7.10. The molecule has 1 heterocycles. The van der Waals surface area contributed by atoms with E-state index in [0.29, 0.717) is 12.0 Å². The van der Waals surface area contributed by atoms with E-state index < -0.39 is 8.32 Å². The lowest BCUT2D eigenvalue weighted by Gasteiger charge is -2.16. The Balaban J connectivity index is 2.69. The molecule has 0 aromatic heterocycles. The molecule has 0 bridgehead atoms. The van der Waals surface area contributed by atoms with Crippen LogP contribution < -0.4 is 0 Å². The summed E-state index contributed by atoms with van der Waals surface area (Å²) in [7, 11) is -1.56. The van der Waals surface area contributed by atoms with Gasteiger partial charge in [-0.1, -0.05) is 6.92 Å². The second kappa shape index (κ2) is 1.83. The van der Waals surface area contributed by atoms with Crippen LogP contribution in [0.25, 0.3) is 0 Å². The van der Waals surface area contributed by atoms with E-state index in [4.69, 9.17) is 4.43 Å². The van der Waals surface area contributed by atoms with Gasteiger partial charge in [-0.15, -0.1) is 0 Å². The van der Waals surface area contributed by atoms with Gasteiger partial charge in [-0.25, -0.2) is 0 Å². The van der Waals surface area contributed by atoms with Crippen molar-refractivity contribution in [2.45, 2.75) is 32.0 Å². The van der Waals surface area contributed by atoms with Crippen LogP contribution in [0.3, 0.4) is 0 Å². The summed E-state index contributed by atoms with van der Waals surface area (Å²) < 4.78 is 5.16. The van der Waals surface area contributed by atoms with Gasteiger partial charge in [0.05, 0.1) is 0 Å². The molecule has 0 aliphatic carbocycles. The first-order valence-electron chi connectivity index (χ1n) is 3.24. The summed E-state index contributed by atoms with van der Waals surface area (Å²) in [4.78, 5) is 10.7. The van der Waals surface area contributed by atoms with Gasteiger partial charge in [-0.2, -0.15) is 0 Å². The molecular formula is C6H12O2Si. The van der Waals surface area contributed by atoms with Crippen molar-refractivity contribution >= 4 is 14.3 Å². The van der Waals surface area contributed by atoms with Crippen molar-refractivity contribution < 1.29 is 9.22 Å². The molecule has 0 N–H and O–H groups in total. The standard InChI is InChI=1S/C6H12O2Si/c1-5-4-6(7)8-9(5,2)3/h5H,4H2,1-3H3. The topological polar surface area (TPSA) is 26.3 Å². The second-order valence-corrected chi connectivity index (χ2v) is 7.58. The molecule has 9 heavy (non-hydrogen) atoms. The Hall–Kier alpha value is -0.313. The van der Waals surface area contributed by atoms with E-state index in [0.717, 1.165) is 0 Å². The van der Waals surface area contributed by atoms with E-state index in [9.17, 15) is 4.79 Å². The van der Waals surface area contributed by atoms with Gasteiger partial charge in [0.1, 0.15) is 0 Å². The Morgan fingerprint density at radius 2 is 2.22 bits per heavy atom. The Morgan fingerprint density at radius 3 is 2.33 bits per heavy atom. The van der Waals surface area contributed by atoms with Gasteiger partial charge in [-0.3, -0.25) is 4.79 Å². The third-order valence-corrected chi connectivity index (χ3v) is 5.37. The molecule has 1 fully saturated rings. The summed E-state index contributed by atoms with van der Waals surface area (Å²) in [5.74, 6) is -0.000772. The fourth-order valence-electron chi connectivity index (χ4n) is 0.931. The van der Waals surface area contributed by atoms with Crippen LogP contribution in [0.1, 0.15) is 13.3 Å². The third kappa shape index (κ3) is 1.15. The van der Waals surface area contributed by atoms with Crippen LogP contribution >= 0.6 is 0 Å². The van der Waals surface area contributed by atoms with Crippen molar-refractivity contribution in [3.63, 3.8) is 0 Å². The molecule has 0 amide bonds. The van der Waals surface area contributed by atoms with E-state index in [1.807, 2.05) is 0 Å². The molecule has 1 aliphatic heterocycles. The van der Waals surface area contributed by atoms with Gasteiger partial charge in [0.2, 0.25) is 0 Å².